The van der Waals surface area contributed by atoms with Gasteiger partial charge in [-0.15, -0.1) is 0 Å². The molecule has 2 aromatic carbocycles. The number of hydrogen-bond acceptors (Lipinski definition) is 4. The summed E-state index contributed by atoms with van der Waals surface area (Å²) in [6.07, 6.45) is 2.18. The fourth-order valence-corrected chi connectivity index (χ4v) is 2.52. The Bertz CT molecular complexity index is 933. The summed E-state index contributed by atoms with van der Waals surface area (Å²) < 4.78 is 6.52. The van der Waals surface area contributed by atoms with Crippen LogP contribution >= 0.6 is 0 Å². The molecule has 1 heterocycles. The molecule has 0 saturated heterocycles. The van der Waals surface area contributed by atoms with E-state index in [1.54, 1.807) is 18.2 Å². The van der Waals surface area contributed by atoms with Gasteiger partial charge in [-0.3, -0.25) is 15.0 Å². The molecule has 128 valence electrons. The number of aromatic nitrogens is 2. The van der Waals surface area contributed by atoms with Gasteiger partial charge in [0.25, 0.3) is 5.56 Å². The number of para-hydroxylation sites is 1. The van der Waals surface area contributed by atoms with E-state index in [2.05, 4.69) is 10.4 Å². The van der Waals surface area contributed by atoms with Crippen molar-refractivity contribution in [2.45, 2.75) is 19.8 Å². The van der Waals surface area contributed by atoms with E-state index in [0.717, 1.165) is 16.0 Å². The van der Waals surface area contributed by atoms with Gasteiger partial charge in [0.1, 0.15) is 12.1 Å². The summed E-state index contributed by atoms with van der Waals surface area (Å²) in [5, 5.41) is 0.469. The molecular weight excluding hydrogens is 318 g/mol. The fourth-order valence-electron chi connectivity index (χ4n) is 2.52. The first-order valence-corrected chi connectivity index (χ1v) is 8.15. The van der Waals surface area contributed by atoms with Crippen molar-refractivity contribution in [3.05, 3.63) is 70.8 Å². The molecule has 6 heteroatoms. The summed E-state index contributed by atoms with van der Waals surface area (Å²) >= 11 is 0. The highest BCUT2D eigenvalue weighted by atomic mass is 16.5. The molecule has 1 amide bonds. The van der Waals surface area contributed by atoms with Crippen LogP contribution in [0.25, 0.3) is 10.9 Å². The lowest BCUT2D eigenvalue weighted by atomic mass is 10.1. The topological polar surface area (TPSA) is 73.2 Å². The third-order valence-corrected chi connectivity index (χ3v) is 3.79. The van der Waals surface area contributed by atoms with E-state index >= 15 is 0 Å². The number of fused-ring (bicyclic) bond motifs is 1. The van der Waals surface area contributed by atoms with Crippen LogP contribution in [0, 0.1) is 0 Å². The number of carbonyl (C=O) groups is 1. The zero-order valence-corrected chi connectivity index (χ0v) is 13.9. The fraction of sp³-hybridized carbons (Fsp3) is 0.211. The number of benzene rings is 2. The van der Waals surface area contributed by atoms with Crippen LogP contribution in [0.4, 0.5) is 0 Å². The lowest BCUT2D eigenvalue weighted by Gasteiger charge is -2.09. The maximum atomic E-state index is 12.3. The molecule has 3 rings (SSSR count). The molecule has 0 radical (unpaired) electrons. The summed E-state index contributed by atoms with van der Waals surface area (Å²) in [6, 6.07) is 14.7. The van der Waals surface area contributed by atoms with Crippen LogP contribution in [0.5, 0.6) is 5.75 Å². The molecule has 0 aliphatic heterocycles. The van der Waals surface area contributed by atoms with Crippen LogP contribution in [0.1, 0.15) is 18.9 Å². The Kier molecular flexibility index (Phi) is 5.09. The second kappa shape index (κ2) is 7.61. The Morgan fingerprint density at radius 3 is 2.68 bits per heavy atom. The van der Waals surface area contributed by atoms with Crippen LogP contribution in [0.2, 0.25) is 0 Å². The highest BCUT2D eigenvalue weighted by Crippen LogP contribution is 2.13. The molecule has 0 fully saturated rings. The van der Waals surface area contributed by atoms with E-state index < -0.39 is 0 Å². The van der Waals surface area contributed by atoms with E-state index in [1.807, 2.05) is 37.3 Å². The Hall–Kier alpha value is -3.15. The van der Waals surface area contributed by atoms with Crippen molar-refractivity contribution in [1.29, 1.82) is 0 Å². The number of nitrogens with one attached hydrogen (secondary N) is 1. The van der Waals surface area contributed by atoms with Crippen molar-refractivity contribution in [3.8, 4) is 5.75 Å². The summed E-state index contributed by atoms with van der Waals surface area (Å²) in [5.41, 5.74) is 3.92. The number of aryl methyl sites for hydroxylation is 1. The van der Waals surface area contributed by atoms with E-state index in [0.29, 0.717) is 23.9 Å². The van der Waals surface area contributed by atoms with Gasteiger partial charge >= 0.3 is 0 Å². The van der Waals surface area contributed by atoms with Crippen LogP contribution < -0.4 is 15.7 Å². The summed E-state index contributed by atoms with van der Waals surface area (Å²) in [5.74, 6) is 0.567. The number of nitrogens with zero attached hydrogens (tertiary/aromatic N) is 2. The third-order valence-electron chi connectivity index (χ3n) is 3.79. The maximum Gasteiger partial charge on any atom is 0.280 e. The molecule has 25 heavy (non-hydrogen) atoms. The minimum Gasteiger partial charge on any atom is -0.494 e. The highest BCUT2D eigenvalue weighted by Gasteiger charge is 2.07. The van der Waals surface area contributed by atoms with Gasteiger partial charge in [-0.1, -0.05) is 24.3 Å². The smallest absolute Gasteiger partial charge is 0.280 e. The van der Waals surface area contributed by atoms with Crippen molar-refractivity contribution >= 4 is 16.8 Å². The SMILES string of the molecule is CCOc1ccc(CCC(=O)Nn2cnc3ccccc3c2=O)cc1. The third kappa shape index (κ3) is 4.03. The van der Waals surface area contributed by atoms with Gasteiger partial charge in [0.2, 0.25) is 5.91 Å². The molecule has 6 nitrogen and oxygen atoms in total. The molecule has 0 unspecified atom stereocenters. The Labute approximate surface area is 145 Å². The van der Waals surface area contributed by atoms with Crippen molar-refractivity contribution in [1.82, 2.24) is 9.66 Å². The molecule has 1 N–H and O–H groups in total. The molecule has 1 aromatic heterocycles. The van der Waals surface area contributed by atoms with E-state index in [9.17, 15) is 9.59 Å². The van der Waals surface area contributed by atoms with E-state index in [4.69, 9.17) is 4.74 Å². The Morgan fingerprint density at radius 1 is 1.16 bits per heavy atom. The van der Waals surface area contributed by atoms with Crippen LogP contribution in [-0.2, 0) is 11.2 Å². The van der Waals surface area contributed by atoms with Crippen LogP contribution in [0.3, 0.4) is 0 Å². The average molecular weight is 337 g/mol. The molecule has 0 aliphatic rings. The first-order valence-electron chi connectivity index (χ1n) is 8.15. The van der Waals surface area contributed by atoms with E-state index in [-0.39, 0.29) is 17.9 Å². The number of hydrogen-bond donors (Lipinski definition) is 1. The highest BCUT2D eigenvalue weighted by molar-refractivity contribution is 5.84. The minimum absolute atomic E-state index is 0.243. The standard InChI is InChI=1S/C19H19N3O3/c1-2-25-15-10-7-14(8-11-15)9-12-18(23)21-22-13-20-17-6-4-3-5-16(17)19(22)24/h3-8,10-11,13H,2,9,12H2,1H3,(H,21,23). The molecule has 0 saturated carbocycles. The molecule has 0 spiro atoms. The predicted molar refractivity (Wildman–Crippen MR) is 96.3 cm³/mol. The molecule has 3 aromatic rings. The zero-order chi connectivity index (χ0) is 17.6. The Morgan fingerprint density at radius 2 is 1.92 bits per heavy atom. The summed E-state index contributed by atoms with van der Waals surface area (Å²) in [6.45, 7) is 2.55. The summed E-state index contributed by atoms with van der Waals surface area (Å²) in [7, 11) is 0. The number of carbonyl (C=O) groups excluding carboxylic acids is 1. The normalized spacial score (nSPS) is 10.6. The lowest BCUT2D eigenvalue weighted by molar-refractivity contribution is -0.117. The number of rotatable bonds is 6. The van der Waals surface area contributed by atoms with E-state index in [1.165, 1.54) is 6.33 Å². The summed E-state index contributed by atoms with van der Waals surface area (Å²) in [4.78, 5) is 28.6. The second-order valence-corrected chi connectivity index (χ2v) is 5.55. The van der Waals surface area contributed by atoms with Crippen molar-refractivity contribution in [2.75, 3.05) is 12.0 Å². The number of ether oxygens (including phenoxy) is 1. The van der Waals surface area contributed by atoms with Gasteiger partial charge in [-0.2, -0.15) is 0 Å². The van der Waals surface area contributed by atoms with Crippen LogP contribution in [0.15, 0.2) is 59.7 Å². The van der Waals surface area contributed by atoms with Crippen molar-refractivity contribution < 1.29 is 9.53 Å². The monoisotopic (exact) mass is 337 g/mol. The first-order chi connectivity index (χ1) is 12.2. The van der Waals surface area contributed by atoms with Crippen LogP contribution in [-0.4, -0.2) is 22.2 Å². The molecular formula is C19H19N3O3. The maximum absolute atomic E-state index is 12.3. The number of amides is 1. The second-order valence-electron chi connectivity index (χ2n) is 5.55. The van der Waals surface area contributed by atoms with Gasteiger partial charge in [-0.25, -0.2) is 9.66 Å². The van der Waals surface area contributed by atoms with Gasteiger partial charge in [-0.05, 0) is 43.2 Å². The Balaban J connectivity index is 1.63. The van der Waals surface area contributed by atoms with Gasteiger partial charge in [0, 0.05) is 6.42 Å². The first kappa shape index (κ1) is 16.7. The van der Waals surface area contributed by atoms with Gasteiger partial charge in [0.05, 0.1) is 17.5 Å². The van der Waals surface area contributed by atoms with Gasteiger partial charge in [0.15, 0.2) is 0 Å². The molecule has 0 bridgehead atoms. The quantitative estimate of drug-likeness (QED) is 0.750. The molecule has 0 aliphatic carbocycles. The van der Waals surface area contributed by atoms with Crippen molar-refractivity contribution in [2.24, 2.45) is 0 Å². The van der Waals surface area contributed by atoms with Gasteiger partial charge < -0.3 is 4.74 Å². The lowest BCUT2D eigenvalue weighted by Crippen LogP contribution is -2.33. The van der Waals surface area contributed by atoms with Crippen molar-refractivity contribution in [3.63, 3.8) is 0 Å². The zero-order valence-electron chi connectivity index (χ0n) is 13.9. The molecule has 0 atom stereocenters. The predicted octanol–water partition coefficient (Wildman–Crippen LogP) is 2.50. The largest absolute Gasteiger partial charge is 0.494 e. The minimum atomic E-state index is -0.292. The average Bonchev–Trinajstić information content (AvgIpc) is 2.64.